The zero-order valence-electron chi connectivity index (χ0n) is 17.3. The minimum atomic E-state index is 0.254. The van der Waals surface area contributed by atoms with E-state index in [0.29, 0.717) is 0 Å². The van der Waals surface area contributed by atoms with E-state index in [0.717, 1.165) is 48.6 Å². The second kappa shape index (κ2) is 9.89. The number of ether oxygens (including phenoxy) is 1. The second-order valence-corrected chi connectivity index (χ2v) is 8.34. The molecule has 1 atom stereocenters. The number of benzene rings is 1. The lowest BCUT2D eigenvalue weighted by Gasteiger charge is -2.30. The Balaban J connectivity index is 1.67. The first kappa shape index (κ1) is 20.6. The summed E-state index contributed by atoms with van der Waals surface area (Å²) in [5, 5.41) is 8.04. The summed E-state index contributed by atoms with van der Waals surface area (Å²) in [5.41, 5.74) is 2.32. The van der Waals surface area contributed by atoms with Crippen molar-refractivity contribution in [2.24, 2.45) is 4.99 Å². The third kappa shape index (κ3) is 5.02. The van der Waals surface area contributed by atoms with Crippen molar-refractivity contribution in [3.05, 3.63) is 45.4 Å². The number of methoxy groups -OCH3 is 1. The minimum Gasteiger partial charge on any atom is -0.496 e. The summed E-state index contributed by atoms with van der Waals surface area (Å²) in [5.74, 6) is 1.75. The third-order valence-electron chi connectivity index (χ3n) is 5.18. The molecule has 152 valence electrons. The highest BCUT2D eigenvalue weighted by Gasteiger charge is 2.26. The summed E-state index contributed by atoms with van der Waals surface area (Å²) in [7, 11) is 3.56. The van der Waals surface area contributed by atoms with Crippen molar-refractivity contribution in [1.82, 2.24) is 20.5 Å². The van der Waals surface area contributed by atoms with Crippen molar-refractivity contribution in [2.45, 2.75) is 39.3 Å². The molecule has 0 radical (unpaired) electrons. The first-order valence-electron chi connectivity index (χ1n) is 9.86. The molecule has 1 aliphatic rings. The van der Waals surface area contributed by atoms with Gasteiger partial charge in [-0.05, 0) is 45.8 Å². The van der Waals surface area contributed by atoms with Crippen LogP contribution in [-0.2, 0) is 6.54 Å². The van der Waals surface area contributed by atoms with Gasteiger partial charge in [0, 0.05) is 24.0 Å². The Labute approximate surface area is 172 Å². The molecule has 0 amide bonds. The van der Waals surface area contributed by atoms with Crippen LogP contribution < -0.4 is 15.4 Å². The molecule has 1 aromatic carbocycles. The molecule has 7 heteroatoms. The molecule has 3 rings (SSSR count). The van der Waals surface area contributed by atoms with E-state index in [1.165, 1.54) is 23.3 Å². The summed E-state index contributed by atoms with van der Waals surface area (Å²) in [6.45, 7) is 7.86. The van der Waals surface area contributed by atoms with Gasteiger partial charge in [0.25, 0.3) is 0 Å². The van der Waals surface area contributed by atoms with Crippen LogP contribution in [0.25, 0.3) is 0 Å². The minimum absolute atomic E-state index is 0.254. The maximum Gasteiger partial charge on any atom is 0.191 e. The molecule has 0 saturated carbocycles. The predicted molar refractivity (Wildman–Crippen MR) is 116 cm³/mol. The highest BCUT2D eigenvalue weighted by Crippen LogP contribution is 2.31. The van der Waals surface area contributed by atoms with E-state index >= 15 is 0 Å². The zero-order chi connectivity index (χ0) is 19.9. The number of nitrogens with one attached hydrogen (secondary N) is 2. The fraction of sp³-hybridized carbons (Fsp3) is 0.524. The normalized spacial score (nSPS) is 16.2. The number of rotatable bonds is 7. The van der Waals surface area contributed by atoms with E-state index in [1.807, 2.05) is 26.1 Å². The molecule has 0 bridgehead atoms. The second-order valence-electron chi connectivity index (χ2n) is 7.05. The average Bonchev–Trinajstić information content (AvgIpc) is 3.34. The van der Waals surface area contributed by atoms with Crippen molar-refractivity contribution in [2.75, 3.05) is 33.8 Å². The van der Waals surface area contributed by atoms with Crippen LogP contribution in [0.4, 0.5) is 0 Å². The van der Waals surface area contributed by atoms with Gasteiger partial charge < -0.3 is 15.4 Å². The van der Waals surface area contributed by atoms with E-state index in [1.54, 1.807) is 18.4 Å². The van der Waals surface area contributed by atoms with Gasteiger partial charge in [-0.3, -0.25) is 9.89 Å². The Morgan fingerprint density at radius 2 is 2.00 bits per heavy atom. The van der Waals surface area contributed by atoms with Gasteiger partial charge in [0.15, 0.2) is 5.96 Å². The van der Waals surface area contributed by atoms with Crippen LogP contribution in [0.1, 0.15) is 40.0 Å². The van der Waals surface area contributed by atoms with Gasteiger partial charge in [-0.15, -0.1) is 11.3 Å². The Hall–Kier alpha value is -2.12. The summed E-state index contributed by atoms with van der Waals surface area (Å²) in [6, 6.07) is 8.58. The van der Waals surface area contributed by atoms with Gasteiger partial charge in [0.1, 0.15) is 5.75 Å². The van der Waals surface area contributed by atoms with Crippen molar-refractivity contribution in [3.63, 3.8) is 0 Å². The van der Waals surface area contributed by atoms with Crippen LogP contribution in [0, 0.1) is 13.8 Å². The number of para-hydroxylation sites is 1. The molecule has 6 nitrogen and oxygen atoms in total. The number of hydrogen-bond acceptors (Lipinski definition) is 5. The average molecular weight is 402 g/mol. The Morgan fingerprint density at radius 3 is 2.64 bits per heavy atom. The molecule has 1 aliphatic heterocycles. The number of aromatic nitrogens is 1. The topological polar surface area (TPSA) is 61.8 Å². The van der Waals surface area contributed by atoms with Crippen LogP contribution in [0.15, 0.2) is 29.3 Å². The molecule has 0 aliphatic carbocycles. The third-order valence-corrected chi connectivity index (χ3v) is 6.25. The maximum atomic E-state index is 5.63. The van der Waals surface area contributed by atoms with Gasteiger partial charge in [-0.25, -0.2) is 4.98 Å². The van der Waals surface area contributed by atoms with Crippen molar-refractivity contribution in [1.29, 1.82) is 0 Å². The van der Waals surface area contributed by atoms with Gasteiger partial charge in [-0.1, -0.05) is 18.2 Å². The first-order valence-corrected chi connectivity index (χ1v) is 10.7. The summed E-state index contributed by atoms with van der Waals surface area (Å²) < 4.78 is 5.63. The van der Waals surface area contributed by atoms with Crippen LogP contribution in [-0.4, -0.2) is 49.6 Å². The molecule has 28 heavy (non-hydrogen) atoms. The Bertz CT molecular complexity index is 798. The van der Waals surface area contributed by atoms with Crippen LogP contribution in [0.2, 0.25) is 0 Å². The molecular formula is C21H31N5OS. The molecule has 2 N–H and O–H groups in total. The van der Waals surface area contributed by atoms with E-state index in [9.17, 15) is 0 Å². The summed E-state index contributed by atoms with van der Waals surface area (Å²) in [4.78, 5) is 12.7. The molecule has 2 aromatic rings. The lowest BCUT2D eigenvalue weighted by Crippen LogP contribution is -2.42. The number of aryl methyl sites for hydroxylation is 2. The van der Waals surface area contributed by atoms with Crippen molar-refractivity contribution < 1.29 is 4.74 Å². The molecule has 1 saturated heterocycles. The number of nitrogens with zero attached hydrogens (tertiary/aromatic N) is 3. The number of aliphatic imine (C=N–C) groups is 1. The maximum absolute atomic E-state index is 5.63. The summed E-state index contributed by atoms with van der Waals surface area (Å²) >= 11 is 1.73. The molecule has 0 spiro atoms. The summed E-state index contributed by atoms with van der Waals surface area (Å²) in [6.07, 6.45) is 2.51. The highest BCUT2D eigenvalue weighted by molar-refractivity contribution is 7.11. The van der Waals surface area contributed by atoms with Crippen molar-refractivity contribution >= 4 is 17.3 Å². The molecule has 2 heterocycles. The van der Waals surface area contributed by atoms with Gasteiger partial charge in [0.05, 0.1) is 30.4 Å². The number of guanidine groups is 1. The lowest BCUT2D eigenvalue weighted by atomic mass is 10.0. The van der Waals surface area contributed by atoms with E-state index in [2.05, 4.69) is 44.6 Å². The SMILES string of the molecule is CN=C(NCc1sc(C)nc1C)NCC(c1ccccc1OC)N1CCCC1. The lowest BCUT2D eigenvalue weighted by molar-refractivity contribution is 0.239. The van der Waals surface area contributed by atoms with Gasteiger partial charge >= 0.3 is 0 Å². The van der Waals surface area contributed by atoms with Crippen molar-refractivity contribution in [3.8, 4) is 5.75 Å². The number of likely N-dealkylation sites (tertiary alicyclic amines) is 1. The standard InChI is InChI=1S/C21H31N5OS/c1-15-20(28-16(2)25-15)14-24-21(22-3)23-13-18(26-11-7-8-12-26)17-9-5-6-10-19(17)27-4/h5-6,9-10,18H,7-8,11-14H2,1-4H3,(H2,22,23,24). The van der Waals surface area contributed by atoms with Crippen LogP contribution in [0.3, 0.4) is 0 Å². The fourth-order valence-corrected chi connectivity index (χ4v) is 4.62. The number of hydrogen-bond donors (Lipinski definition) is 2. The van der Waals surface area contributed by atoms with Crippen LogP contribution in [0.5, 0.6) is 5.75 Å². The van der Waals surface area contributed by atoms with E-state index in [4.69, 9.17) is 4.74 Å². The number of thiazole rings is 1. The van der Waals surface area contributed by atoms with E-state index in [-0.39, 0.29) is 6.04 Å². The molecular weight excluding hydrogens is 370 g/mol. The highest BCUT2D eigenvalue weighted by atomic mass is 32.1. The Morgan fingerprint density at radius 1 is 1.25 bits per heavy atom. The van der Waals surface area contributed by atoms with Gasteiger partial charge in [-0.2, -0.15) is 0 Å². The largest absolute Gasteiger partial charge is 0.496 e. The smallest absolute Gasteiger partial charge is 0.191 e. The fourth-order valence-electron chi connectivity index (χ4n) is 3.75. The molecule has 1 aromatic heterocycles. The molecule has 1 unspecified atom stereocenters. The Kier molecular flexibility index (Phi) is 7.28. The monoisotopic (exact) mass is 401 g/mol. The van der Waals surface area contributed by atoms with Gasteiger partial charge in [0.2, 0.25) is 0 Å². The van der Waals surface area contributed by atoms with Crippen LogP contribution >= 0.6 is 11.3 Å². The molecule has 1 fully saturated rings. The first-order chi connectivity index (χ1) is 13.6. The predicted octanol–water partition coefficient (Wildman–Crippen LogP) is 3.27. The quantitative estimate of drug-likeness (QED) is 0.551. The zero-order valence-corrected chi connectivity index (χ0v) is 18.1. The van der Waals surface area contributed by atoms with E-state index < -0.39 is 0 Å².